The van der Waals surface area contributed by atoms with Gasteiger partial charge in [-0.1, -0.05) is 13.8 Å². The van der Waals surface area contributed by atoms with Gasteiger partial charge >= 0.3 is 0 Å². The minimum atomic E-state index is 0.294. The maximum Gasteiger partial charge on any atom is 0.0446 e. The highest BCUT2D eigenvalue weighted by Crippen LogP contribution is 2.29. The Bertz CT molecular complexity index is 171. The van der Waals surface area contributed by atoms with Crippen molar-refractivity contribution in [2.75, 3.05) is 32.8 Å². The highest BCUT2D eigenvalue weighted by Gasteiger charge is 2.24. The Morgan fingerprint density at radius 3 is 2.62 bits per heavy atom. The topological polar surface area (TPSA) is 35.5 Å². The molecule has 1 aliphatic carbocycles. The van der Waals surface area contributed by atoms with E-state index in [2.05, 4.69) is 24.1 Å². The fourth-order valence-electron chi connectivity index (χ4n) is 2.07. The zero-order valence-corrected chi connectivity index (χ0v) is 10.9. The van der Waals surface area contributed by atoms with Gasteiger partial charge in [-0.2, -0.15) is 0 Å². The molecular formula is C13H28N2O. The zero-order valence-electron chi connectivity index (χ0n) is 10.9. The van der Waals surface area contributed by atoms with Crippen molar-refractivity contribution in [3.05, 3.63) is 0 Å². The first kappa shape index (κ1) is 13.9. The summed E-state index contributed by atoms with van der Waals surface area (Å²) in [7, 11) is 0. The smallest absolute Gasteiger partial charge is 0.0446 e. The van der Waals surface area contributed by atoms with Gasteiger partial charge in [-0.25, -0.2) is 0 Å². The van der Waals surface area contributed by atoms with E-state index in [1.54, 1.807) is 0 Å². The van der Waals surface area contributed by atoms with Crippen LogP contribution in [0.3, 0.4) is 0 Å². The van der Waals surface area contributed by atoms with E-state index in [0.717, 1.165) is 38.4 Å². The lowest BCUT2D eigenvalue weighted by atomic mass is 10.2. The number of aliphatic hydroxyl groups excluding tert-OH is 1. The molecule has 2 N–H and O–H groups in total. The Morgan fingerprint density at radius 2 is 2.12 bits per heavy atom. The monoisotopic (exact) mass is 228 g/mol. The van der Waals surface area contributed by atoms with Crippen molar-refractivity contribution in [3.63, 3.8) is 0 Å². The summed E-state index contributed by atoms with van der Waals surface area (Å²) >= 11 is 0. The normalized spacial score (nSPS) is 18.0. The maximum atomic E-state index is 9.06. The van der Waals surface area contributed by atoms with Crippen molar-refractivity contribution in [1.29, 1.82) is 0 Å². The summed E-state index contributed by atoms with van der Waals surface area (Å²) in [5.74, 6) is 0.959. The number of nitrogens with zero attached hydrogens (tertiary/aromatic N) is 1. The van der Waals surface area contributed by atoms with Gasteiger partial charge in [0.2, 0.25) is 0 Å². The van der Waals surface area contributed by atoms with Crippen LogP contribution in [-0.2, 0) is 0 Å². The first-order valence-corrected chi connectivity index (χ1v) is 6.86. The van der Waals surface area contributed by atoms with Crippen molar-refractivity contribution < 1.29 is 5.11 Å². The van der Waals surface area contributed by atoms with Gasteiger partial charge in [0.05, 0.1) is 0 Å². The van der Waals surface area contributed by atoms with E-state index in [0.29, 0.717) is 12.6 Å². The number of nitrogens with one attached hydrogen (secondary N) is 1. The van der Waals surface area contributed by atoms with Gasteiger partial charge in [-0.3, -0.25) is 0 Å². The number of hydrogen-bond donors (Lipinski definition) is 2. The van der Waals surface area contributed by atoms with E-state index in [-0.39, 0.29) is 0 Å². The van der Waals surface area contributed by atoms with Gasteiger partial charge in [-0.15, -0.1) is 0 Å². The molecule has 1 rings (SSSR count). The van der Waals surface area contributed by atoms with Crippen LogP contribution in [0.4, 0.5) is 0 Å². The van der Waals surface area contributed by atoms with Gasteiger partial charge in [0.15, 0.2) is 0 Å². The summed E-state index contributed by atoms with van der Waals surface area (Å²) < 4.78 is 0. The number of rotatable bonds is 10. The number of hydrogen-bond acceptors (Lipinski definition) is 3. The third-order valence-electron chi connectivity index (χ3n) is 3.30. The third kappa shape index (κ3) is 5.83. The Labute approximate surface area is 100 Å². The Kier molecular flexibility index (Phi) is 7.01. The van der Waals surface area contributed by atoms with E-state index in [9.17, 15) is 0 Å². The van der Waals surface area contributed by atoms with Crippen LogP contribution in [0.25, 0.3) is 0 Å². The van der Waals surface area contributed by atoms with Crippen LogP contribution in [-0.4, -0.2) is 48.8 Å². The second-order valence-electron chi connectivity index (χ2n) is 4.96. The van der Waals surface area contributed by atoms with Crippen LogP contribution < -0.4 is 5.32 Å². The summed E-state index contributed by atoms with van der Waals surface area (Å²) in [4.78, 5) is 2.53. The van der Waals surface area contributed by atoms with Crippen LogP contribution in [0, 0.1) is 5.92 Å². The zero-order chi connectivity index (χ0) is 11.8. The Morgan fingerprint density at radius 1 is 1.38 bits per heavy atom. The molecular weight excluding hydrogens is 200 g/mol. The van der Waals surface area contributed by atoms with E-state index in [1.165, 1.54) is 19.4 Å². The summed E-state index contributed by atoms with van der Waals surface area (Å²) in [5.41, 5.74) is 0. The number of likely N-dealkylation sites (N-methyl/N-ethyl adjacent to an activating group) is 1. The molecule has 0 spiro atoms. The molecule has 3 heteroatoms. The molecule has 0 bridgehead atoms. The van der Waals surface area contributed by atoms with E-state index in [4.69, 9.17) is 5.11 Å². The van der Waals surface area contributed by atoms with Crippen molar-refractivity contribution in [2.24, 2.45) is 5.92 Å². The number of aliphatic hydroxyl groups is 1. The lowest BCUT2D eigenvalue weighted by molar-refractivity contribution is 0.208. The minimum Gasteiger partial charge on any atom is -0.396 e. The van der Waals surface area contributed by atoms with Crippen LogP contribution in [0.15, 0.2) is 0 Å². The largest absolute Gasteiger partial charge is 0.396 e. The lowest BCUT2D eigenvalue weighted by Gasteiger charge is -2.27. The predicted octanol–water partition coefficient (Wildman–Crippen LogP) is 1.47. The molecule has 16 heavy (non-hydrogen) atoms. The minimum absolute atomic E-state index is 0.294. The molecule has 0 radical (unpaired) electrons. The van der Waals surface area contributed by atoms with Gasteiger partial charge in [-0.05, 0) is 44.7 Å². The van der Waals surface area contributed by atoms with Crippen molar-refractivity contribution in [3.8, 4) is 0 Å². The molecule has 0 saturated heterocycles. The predicted molar refractivity (Wildman–Crippen MR) is 68.6 cm³/mol. The van der Waals surface area contributed by atoms with E-state index in [1.807, 2.05) is 0 Å². The van der Waals surface area contributed by atoms with Gasteiger partial charge in [0.25, 0.3) is 0 Å². The average molecular weight is 228 g/mol. The molecule has 0 aromatic heterocycles. The summed E-state index contributed by atoms with van der Waals surface area (Å²) in [6.45, 7) is 9.25. The van der Waals surface area contributed by atoms with Gasteiger partial charge in [0.1, 0.15) is 0 Å². The molecule has 1 unspecified atom stereocenters. The Hall–Kier alpha value is -0.120. The quantitative estimate of drug-likeness (QED) is 0.594. The molecule has 0 aromatic rings. The lowest BCUT2D eigenvalue weighted by Crippen LogP contribution is -2.42. The molecule has 1 aliphatic rings. The van der Waals surface area contributed by atoms with Crippen LogP contribution in [0.2, 0.25) is 0 Å². The van der Waals surface area contributed by atoms with Crippen molar-refractivity contribution in [2.45, 2.75) is 45.6 Å². The highest BCUT2D eigenvalue weighted by atomic mass is 16.3. The molecule has 0 aliphatic heterocycles. The molecule has 96 valence electrons. The fraction of sp³-hybridized carbons (Fsp3) is 1.00. The summed E-state index contributed by atoms with van der Waals surface area (Å²) in [6, 6.07) is 0.462. The molecule has 3 nitrogen and oxygen atoms in total. The molecule has 1 atom stereocenters. The second-order valence-corrected chi connectivity index (χ2v) is 4.96. The molecule has 0 amide bonds. The second kappa shape index (κ2) is 8.04. The molecule has 1 saturated carbocycles. The maximum absolute atomic E-state index is 9.06. The van der Waals surface area contributed by atoms with E-state index >= 15 is 0 Å². The van der Waals surface area contributed by atoms with Crippen LogP contribution in [0.1, 0.15) is 39.5 Å². The SMILES string of the molecule is CCCNC(CCO)CN(CC)CC1CC1. The molecule has 0 heterocycles. The third-order valence-corrected chi connectivity index (χ3v) is 3.30. The van der Waals surface area contributed by atoms with Gasteiger partial charge < -0.3 is 15.3 Å². The fourth-order valence-corrected chi connectivity index (χ4v) is 2.07. The highest BCUT2D eigenvalue weighted by molar-refractivity contribution is 4.79. The van der Waals surface area contributed by atoms with Crippen molar-refractivity contribution >= 4 is 0 Å². The van der Waals surface area contributed by atoms with E-state index < -0.39 is 0 Å². The first-order chi connectivity index (χ1) is 7.80. The Balaban J connectivity index is 2.24. The first-order valence-electron chi connectivity index (χ1n) is 6.86. The van der Waals surface area contributed by atoms with Crippen LogP contribution >= 0.6 is 0 Å². The summed E-state index contributed by atoms with van der Waals surface area (Å²) in [6.07, 6.45) is 4.88. The van der Waals surface area contributed by atoms with Gasteiger partial charge in [0, 0.05) is 25.7 Å². The van der Waals surface area contributed by atoms with Crippen LogP contribution in [0.5, 0.6) is 0 Å². The standard InChI is InChI=1S/C13H28N2O/c1-3-8-14-13(7-9-16)11-15(4-2)10-12-5-6-12/h12-14,16H,3-11H2,1-2H3. The summed E-state index contributed by atoms with van der Waals surface area (Å²) in [5, 5.41) is 12.6. The average Bonchev–Trinajstić information content (AvgIpc) is 3.09. The molecule has 0 aromatic carbocycles. The van der Waals surface area contributed by atoms with Crippen molar-refractivity contribution in [1.82, 2.24) is 10.2 Å². The molecule has 1 fully saturated rings.